The van der Waals surface area contributed by atoms with Crippen LogP contribution in [0.25, 0.3) is 0 Å². The fraction of sp³-hybridized carbons (Fsp3) is 0.409. The van der Waals surface area contributed by atoms with Crippen molar-refractivity contribution in [2.75, 3.05) is 13.7 Å². The number of rotatable bonds is 10. The molecule has 0 aromatic heterocycles. The molecular weight excluding hydrogens is 342 g/mol. The Morgan fingerprint density at radius 3 is 2.30 bits per heavy atom. The highest BCUT2D eigenvalue weighted by molar-refractivity contribution is 5.80. The third kappa shape index (κ3) is 6.94. The van der Waals surface area contributed by atoms with Crippen LogP contribution in [-0.4, -0.2) is 25.7 Å². The molecule has 1 atom stereocenters. The van der Waals surface area contributed by atoms with Gasteiger partial charge >= 0.3 is 0 Å². The van der Waals surface area contributed by atoms with Crippen LogP contribution in [0.5, 0.6) is 17.2 Å². The van der Waals surface area contributed by atoms with E-state index >= 15 is 0 Å². The lowest BCUT2D eigenvalue weighted by Gasteiger charge is -2.14. The number of hydrogen-bond donors (Lipinski definition) is 1. The van der Waals surface area contributed by atoms with Gasteiger partial charge in [0.25, 0.3) is 0 Å². The number of para-hydroxylation sites is 2. The van der Waals surface area contributed by atoms with Crippen molar-refractivity contribution in [3.8, 4) is 17.2 Å². The molecule has 0 aliphatic heterocycles. The summed E-state index contributed by atoms with van der Waals surface area (Å²) in [6, 6.07) is 15.1. The molecule has 0 radical (unpaired) electrons. The van der Waals surface area contributed by atoms with Gasteiger partial charge in [-0.15, -0.1) is 0 Å². The summed E-state index contributed by atoms with van der Waals surface area (Å²) < 4.78 is 16.7. The predicted molar refractivity (Wildman–Crippen MR) is 106 cm³/mol. The van der Waals surface area contributed by atoms with E-state index in [0.717, 1.165) is 12.0 Å². The van der Waals surface area contributed by atoms with Crippen LogP contribution in [0.4, 0.5) is 0 Å². The minimum absolute atomic E-state index is 0.104. The van der Waals surface area contributed by atoms with Crippen LogP contribution in [0.15, 0.2) is 48.5 Å². The highest BCUT2D eigenvalue weighted by Gasteiger charge is 2.13. The minimum Gasteiger partial charge on any atom is -0.493 e. The molecule has 0 saturated carbocycles. The molecule has 2 aromatic rings. The zero-order valence-electron chi connectivity index (χ0n) is 16.5. The molecule has 0 aliphatic rings. The molecule has 5 heteroatoms. The van der Waals surface area contributed by atoms with Crippen LogP contribution in [0.2, 0.25) is 0 Å². The van der Waals surface area contributed by atoms with Gasteiger partial charge < -0.3 is 19.5 Å². The Morgan fingerprint density at radius 2 is 1.67 bits per heavy atom. The average Bonchev–Trinajstić information content (AvgIpc) is 2.67. The van der Waals surface area contributed by atoms with E-state index in [9.17, 15) is 4.79 Å². The van der Waals surface area contributed by atoms with Gasteiger partial charge in [0.05, 0.1) is 7.11 Å². The number of carbonyl (C=O) groups excluding carboxylic acids is 1. The fourth-order valence-electron chi connectivity index (χ4n) is 2.39. The Bertz CT molecular complexity index is 713. The molecular formula is C22H29NO4. The number of nitrogens with one attached hydrogen (secondary N) is 1. The van der Waals surface area contributed by atoms with Crippen molar-refractivity contribution in [1.82, 2.24) is 5.32 Å². The van der Waals surface area contributed by atoms with Gasteiger partial charge in [0.2, 0.25) is 5.91 Å². The van der Waals surface area contributed by atoms with E-state index in [-0.39, 0.29) is 5.91 Å². The molecule has 0 bridgehead atoms. The number of benzene rings is 2. The van der Waals surface area contributed by atoms with Gasteiger partial charge in [0.15, 0.2) is 11.5 Å². The molecule has 0 heterocycles. The van der Waals surface area contributed by atoms with Gasteiger partial charge in [-0.3, -0.25) is 4.79 Å². The molecule has 0 fully saturated rings. The van der Waals surface area contributed by atoms with E-state index in [4.69, 9.17) is 14.2 Å². The first-order valence-electron chi connectivity index (χ1n) is 9.28. The molecule has 0 aliphatic carbocycles. The first-order chi connectivity index (χ1) is 13.0. The molecule has 2 rings (SSSR count). The Kier molecular flexibility index (Phi) is 8.14. The average molecular weight is 371 g/mol. The van der Waals surface area contributed by atoms with Crippen LogP contribution in [0.1, 0.15) is 32.8 Å². The Labute approximate surface area is 161 Å². The Morgan fingerprint density at radius 1 is 1.00 bits per heavy atom. The normalized spacial score (nSPS) is 11.9. The van der Waals surface area contributed by atoms with Gasteiger partial charge in [0.1, 0.15) is 11.9 Å². The molecule has 1 amide bonds. The quantitative estimate of drug-likeness (QED) is 0.665. The lowest BCUT2D eigenvalue weighted by molar-refractivity contribution is -0.132. The third-order valence-corrected chi connectivity index (χ3v) is 4.12. The lowest BCUT2D eigenvalue weighted by Crippen LogP contribution is -2.34. The number of methoxy groups -OCH3 is 1. The molecule has 27 heavy (non-hydrogen) atoms. The largest absolute Gasteiger partial charge is 0.493 e. The summed E-state index contributed by atoms with van der Waals surface area (Å²) in [4.78, 5) is 12.1. The first-order valence-corrected chi connectivity index (χ1v) is 9.28. The van der Waals surface area contributed by atoms with Gasteiger partial charge in [0, 0.05) is 13.2 Å². The summed E-state index contributed by atoms with van der Waals surface area (Å²) in [6.07, 6.45) is 0.502. The van der Waals surface area contributed by atoms with Crippen LogP contribution < -0.4 is 14.8 Å². The van der Waals surface area contributed by atoms with E-state index in [1.807, 2.05) is 48.5 Å². The summed E-state index contributed by atoms with van der Waals surface area (Å²) in [5.74, 6) is 2.51. The summed E-state index contributed by atoms with van der Waals surface area (Å²) in [5, 5.41) is 2.90. The molecule has 1 N–H and O–H groups in total. The smallest absolute Gasteiger partial charge is 0.249 e. The minimum atomic E-state index is -0.447. The van der Waals surface area contributed by atoms with Crippen LogP contribution in [0.3, 0.4) is 0 Å². The molecule has 1 unspecified atom stereocenters. The highest BCUT2D eigenvalue weighted by atomic mass is 16.5. The van der Waals surface area contributed by atoms with Gasteiger partial charge in [-0.25, -0.2) is 0 Å². The second kappa shape index (κ2) is 10.6. The second-order valence-electron chi connectivity index (χ2n) is 6.81. The number of ether oxygens (including phenoxy) is 3. The maximum atomic E-state index is 12.1. The number of hydrogen-bond acceptors (Lipinski definition) is 4. The van der Waals surface area contributed by atoms with Gasteiger partial charge in [-0.05, 0) is 49.1 Å². The molecule has 0 spiro atoms. The maximum Gasteiger partial charge on any atom is 0.249 e. The van der Waals surface area contributed by atoms with Gasteiger partial charge in [-0.1, -0.05) is 38.1 Å². The SMILES string of the molecule is COc1ccccc1Oc1ccc(CNC(=O)C(C)OCCC(C)C)cc1. The molecule has 0 saturated heterocycles. The Hall–Kier alpha value is -2.53. The predicted octanol–water partition coefficient (Wildman–Crippen LogP) is 4.55. The van der Waals surface area contributed by atoms with Crippen molar-refractivity contribution in [2.45, 2.75) is 39.8 Å². The monoisotopic (exact) mass is 371 g/mol. The van der Waals surface area contributed by atoms with Crippen molar-refractivity contribution < 1.29 is 19.0 Å². The fourth-order valence-corrected chi connectivity index (χ4v) is 2.39. The maximum absolute atomic E-state index is 12.1. The zero-order valence-corrected chi connectivity index (χ0v) is 16.5. The van der Waals surface area contributed by atoms with E-state index in [0.29, 0.717) is 36.3 Å². The highest BCUT2D eigenvalue weighted by Crippen LogP contribution is 2.30. The zero-order chi connectivity index (χ0) is 19.6. The van der Waals surface area contributed by atoms with Crippen molar-refractivity contribution in [3.63, 3.8) is 0 Å². The summed E-state index contributed by atoms with van der Waals surface area (Å²) in [7, 11) is 1.61. The van der Waals surface area contributed by atoms with Crippen LogP contribution in [0, 0.1) is 5.92 Å². The van der Waals surface area contributed by atoms with E-state index in [1.165, 1.54) is 0 Å². The molecule has 146 valence electrons. The van der Waals surface area contributed by atoms with E-state index in [2.05, 4.69) is 19.2 Å². The van der Waals surface area contributed by atoms with Gasteiger partial charge in [-0.2, -0.15) is 0 Å². The first kappa shape index (κ1) is 20.8. The topological polar surface area (TPSA) is 56.8 Å². The number of carbonyl (C=O) groups is 1. The standard InChI is InChI=1S/C22H29NO4/c1-16(2)13-14-26-17(3)22(24)23-15-18-9-11-19(12-10-18)27-21-8-6-5-7-20(21)25-4/h5-12,16-17H,13-15H2,1-4H3,(H,23,24). The summed E-state index contributed by atoms with van der Waals surface area (Å²) >= 11 is 0. The van der Waals surface area contributed by atoms with Crippen molar-refractivity contribution in [2.24, 2.45) is 5.92 Å². The number of amides is 1. The van der Waals surface area contributed by atoms with Crippen molar-refractivity contribution >= 4 is 5.91 Å². The van der Waals surface area contributed by atoms with E-state index in [1.54, 1.807) is 14.0 Å². The Balaban J connectivity index is 1.82. The molecule has 5 nitrogen and oxygen atoms in total. The third-order valence-electron chi connectivity index (χ3n) is 4.12. The summed E-state index contributed by atoms with van der Waals surface area (Å²) in [5.41, 5.74) is 0.991. The molecule has 2 aromatic carbocycles. The van der Waals surface area contributed by atoms with Crippen LogP contribution >= 0.6 is 0 Å². The van der Waals surface area contributed by atoms with Crippen LogP contribution in [-0.2, 0) is 16.1 Å². The second-order valence-corrected chi connectivity index (χ2v) is 6.81. The summed E-state index contributed by atoms with van der Waals surface area (Å²) in [6.45, 7) is 7.09. The van der Waals surface area contributed by atoms with Crippen molar-refractivity contribution in [3.05, 3.63) is 54.1 Å². The van der Waals surface area contributed by atoms with Crippen molar-refractivity contribution in [1.29, 1.82) is 0 Å². The lowest BCUT2D eigenvalue weighted by atomic mass is 10.1. The van der Waals surface area contributed by atoms with E-state index < -0.39 is 6.10 Å².